The van der Waals surface area contributed by atoms with Crippen LogP contribution in [0, 0.1) is 0 Å². The summed E-state index contributed by atoms with van der Waals surface area (Å²) in [5.74, 6) is 0.912. The van der Waals surface area contributed by atoms with Crippen molar-refractivity contribution in [2.45, 2.75) is 32.6 Å². The zero-order valence-electron chi connectivity index (χ0n) is 16.8. The molecule has 0 spiro atoms. The van der Waals surface area contributed by atoms with Gasteiger partial charge in [-0.3, -0.25) is 9.36 Å². The van der Waals surface area contributed by atoms with Crippen LogP contribution in [-0.4, -0.2) is 20.4 Å². The summed E-state index contributed by atoms with van der Waals surface area (Å²) < 4.78 is 39.9. The van der Waals surface area contributed by atoms with Crippen LogP contribution in [0.5, 0.6) is 0 Å². The number of alkyl halides is 3. The minimum absolute atomic E-state index is 0.0584. The van der Waals surface area contributed by atoms with Crippen LogP contribution in [0.4, 0.5) is 30.5 Å². The highest BCUT2D eigenvalue weighted by Crippen LogP contribution is 2.30. The van der Waals surface area contributed by atoms with Crippen LogP contribution < -0.4 is 16.2 Å². The summed E-state index contributed by atoms with van der Waals surface area (Å²) in [6.07, 6.45) is -2.17. The van der Waals surface area contributed by atoms with Crippen molar-refractivity contribution in [2.24, 2.45) is 4.99 Å². The monoisotopic (exact) mass is 461 g/mol. The number of hydrogen-bond donors (Lipinski definition) is 1. The van der Waals surface area contributed by atoms with Gasteiger partial charge in [0.05, 0.1) is 5.56 Å². The van der Waals surface area contributed by atoms with Gasteiger partial charge in [-0.1, -0.05) is 19.1 Å². The number of pyridine rings is 1. The van der Waals surface area contributed by atoms with Crippen LogP contribution in [0.25, 0.3) is 0 Å². The molecule has 0 unspecified atom stereocenters. The summed E-state index contributed by atoms with van der Waals surface area (Å²) >= 11 is 6.08. The predicted molar refractivity (Wildman–Crippen MR) is 115 cm³/mol. The Kier molecular flexibility index (Phi) is 5.88. The first-order valence-corrected chi connectivity index (χ1v) is 10.1. The summed E-state index contributed by atoms with van der Waals surface area (Å²) in [5.41, 5.74) is 0.109. The molecular formula is C21H17ClF3N6O. The number of benzene rings is 1. The Balaban J connectivity index is 1.46. The smallest absolute Gasteiger partial charge is 0.366 e. The second kappa shape index (κ2) is 8.62. The maximum Gasteiger partial charge on any atom is 0.416 e. The molecule has 2 aromatic heterocycles. The Hall–Kier alpha value is -3.40. The average molecular weight is 462 g/mol. The van der Waals surface area contributed by atoms with E-state index in [1.165, 1.54) is 16.8 Å². The van der Waals surface area contributed by atoms with Gasteiger partial charge in [-0.05, 0) is 47.9 Å². The average Bonchev–Trinajstić information content (AvgIpc) is 3.19. The van der Waals surface area contributed by atoms with Gasteiger partial charge in [0.1, 0.15) is 5.82 Å². The van der Waals surface area contributed by atoms with Gasteiger partial charge in [0.2, 0.25) is 5.28 Å². The molecule has 1 aromatic carbocycles. The minimum Gasteiger partial charge on any atom is -0.366 e. The molecule has 0 bridgehead atoms. The van der Waals surface area contributed by atoms with E-state index < -0.39 is 11.7 Å². The van der Waals surface area contributed by atoms with E-state index in [1.54, 1.807) is 18.2 Å². The number of hydrogen-bond acceptors (Lipinski definition) is 5. The molecule has 1 radical (unpaired) electrons. The van der Waals surface area contributed by atoms with Gasteiger partial charge in [-0.25, -0.2) is 15.3 Å². The molecule has 1 aliphatic rings. The van der Waals surface area contributed by atoms with Crippen LogP contribution in [0.1, 0.15) is 30.0 Å². The van der Waals surface area contributed by atoms with Gasteiger partial charge < -0.3 is 5.32 Å². The topological polar surface area (TPSA) is 86.3 Å². The molecule has 0 saturated heterocycles. The highest BCUT2D eigenvalue weighted by atomic mass is 35.5. The molecule has 165 valence electrons. The molecule has 0 atom stereocenters. The van der Waals surface area contributed by atoms with Crippen LogP contribution in [0.15, 0.2) is 52.4 Å². The van der Waals surface area contributed by atoms with E-state index in [1.807, 2.05) is 6.92 Å². The van der Waals surface area contributed by atoms with Gasteiger partial charge in [-0.2, -0.15) is 18.2 Å². The zero-order chi connectivity index (χ0) is 22.9. The van der Waals surface area contributed by atoms with Crippen LogP contribution in [0.3, 0.4) is 0 Å². The lowest BCUT2D eigenvalue weighted by Crippen LogP contribution is -2.24. The van der Waals surface area contributed by atoms with Crippen LogP contribution >= 0.6 is 11.6 Å². The van der Waals surface area contributed by atoms with E-state index in [4.69, 9.17) is 11.6 Å². The normalized spacial score (nSPS) is 12.8. The number of nitrogens with one attached hydrogen (secondary N) is 1. The molecule has 3 heterocycles. The van der Waals surface area contributed by atoms with Crippen molar-refractivity contribution in [3.8, 4) is 0 Å². The lowest BCUT2D eigenvalue weighted by Gasteiger charge is -2.10. The summed E-state index contributed by atoms with van der Waals surface area (Å²) in [6.45, 7) is 2.52. The third-order valence-corrected chi connectivity index (χ3v) is 5.00. The van der Waals surface area contributed by atoms with E-state index in [0.29, 0.717) is 29.9 Å². The first-order chi connectivity index (χ1) is 15.3. The Morgan fingerprint density at radius 2 is 2.00 bits per heavy atom. The molecule has 0 fully saturated rings. The fourth-order valence-electron chi connectivity index (χ4n) is 3.14. The van der Waals surface area contributed by atoms with E-state index in [2.05, 4.69) is 25.6 Å². The lowest BCUT2D eigenvalue weighted by atomic mass is 10.1. The first kappa shape index (κ1) is 21.8. The van der Waals surface area contributed by atoms with Crippen molar-refractivity contribution < 1.29 is 13.2 Å². The lowest BCUT2D eigenvalue weighted by molar-refractivity contribution is -0.137. The van der Waals surface area contributed by atoms with Crippen LogP contribution in [-0.2, 0) is 19.3 Å². The van der Waals surface area contributed by atoms with Gasteiger partial charge in [-0.15, -0.1) is 0 Å². The van der Waals surface area contributed by atoms with Crippen molar-refractivity contribution >= 4 is 34.8 Å². The highest BCUT2D eigenvalue weighted by molar-refractivity contribution is 6.28. The van der Waals surface area contributed by atoms with Gasteiger partial charge in [0.15, 0.2) is 17.3 Å². The maximum atomic E-state index is 12.8. The Morgan fingerprint density at radius 3 is 2.69 bits per heavy atom. The molecule has 1 aliphatic heterocycles. The molecule has 11 heteroatoms. The quantitative estimate of drug-likeness (QED) is 0.541. The van der Waals surface area contributed by atoms with E-state index in [0.717, 1.165) is 12.1 Å². The van der Waals surface area contributed by atoms with Crippen molar-refractivity contribution in [1.29, 1.82) is 0 Å². The number of rotatable bonds is 6. The molecule has 32 heavy (non-hydrogen) atoms. The number of anilines is 1. The molecule has 0 aliphatic carbocycles. The van der Waals surface area contributed by atoms with Crippen molar-refractivity contribution in [1.82, 2.24) is 19.9 Å². The van der Waals surface area contributed by atoms with Crippen molar-refractivity contribution in [2.75, 3.05) is 5.32 Å². The number of nitrogens with zero attached hydrogens (tertiary/aromatic N) is 5. The standard InChI is InChI=1S/C21H17ClF3N6O/c1-2-8-31-19(32)16-18(30-20(31)22)29-17(28-16)13-6-7-15(27-11-13)26-10-12-4-3-5-14(9-12)21(23,24)25/h3-7,9,11H,2,8,10H2,1H3,(H,26,27). The molecule has 0 saturated carbocycles. The molecule has 7 nitrogen and oxygen atoms in total. The van der Waals surface area contributed by atoms with E-state index in [9.17, 15) is 18.0 Å². The van der Waals surface area contributed by atoms with E-state index >= 15 is 0 Å². The summed E-state index contributed by atoms with van der Waals surface area (Å²) in [6, 6.07) is 8.43. The largest absolute Gasteiger partial charge is 0.416 e. The summed E-state index contributed by atoms with van der Waals surface area (Å²) in [4.78, 5) is 25.3. The predicted octanol–water partition coefficient (Wildman–Crippen LogP) is 4.66. The van der Waals surface area contributed by atoms with Crippen molar-refractivity contribution in [3.63, 3.8) is 0 Å². The Morgan fingerprint density at radius 1 is 1.19 bits per heavy atom. The SMILES string of the molecule is CCCn1c(Cl)nc2c(c1=O)[N]C(c1ccc(NCc3cccc(C(F)(F)F)c3)nc1)=N2. The van der Waals surface area contributed by atoms with Gasteiger partial charge >= 0.3 is 6.18 Å². The Labute approximate surface area is 186 Å². The molecule has 0 amide bonds. The zero-order valence-corrected chi connectivity index (χ0v) is 17.6. The fourth-order valence-corrected chi connectivity index (χ4v) is 3.38. The second-order valence-electron chi connectivity index (χ2n) is 7.04. The number of amidine groups is 1. The van der Waals surface area contributed by atoms with Crippen molar-refractivity contribution in [3.05, 3.63) is 74.9 Å². The summed E-state index contributed by atoms with van der Waals surface area (Å²) in [7, 11) is 0. The van der Waals surface area contributed by atoms with Gasteiger partial charge in [0, 0.05) is 24.8 Å². The van der Waals surface area contributed by atoms with Crippen LogP contribution in [0.2, 0.25) is 5.28 Å². The summed E-state index contributed by atoms with van der Waals surface area (Å²) in [5, 5.41) is 7.33. The number of halogens is 4. The minimum atomic E-state index is -4.39. The number of aliphatic imine (C=N–C) groups is 1. The first-order valence-electron chi connectivity index (χ1n) is 9.73. The molecular weight excluding hydrogens is 445 g/mol. The Bertz CT molecular complexity index is 1240. The fraction of sp³-hybridized carbons (Fsp3) is 0.238. The molecule has 4 rings (SSSR count). The third-order valence-electron chi connectivity index (χ3n) is 4.71. The molecule has 3 aromatic rings. The molecule has 1 N–H and O–H groups in total. The number of aromatic nitrogens is 3. The van der Waals surface area contributed by atoms with E-state index in [-0.39, 0.29) is 34.7 Å². The second-order valence-corrected chi connectivity index (χ2v) is 7.38. The maximum absolute atomic E-state index is 12.8. The van der Waals surface area contributed by atoms with Gasteiger partial charge in [0.25, 0.3) is 5.56 Å². The highest BCUT2D eigenvalue weighted by Gasteiger charge is 2.30. The number of fused-ring (bicyclic) bond motifs is 1. The third kappa shape index (κ3) is 4.45.